The van der Waals surface area contributed by atoms with E-state index in [-0.39, 0.29) is 18.1 Å². The van der Waals surface area contributed by atoms with Gasteiger partial charge < -0.3 is 9.84 Å². The van der Waals surface area contributed by atoms with E-state index in [1.54, 1.807) is 0 Å². The second-order valence-corrected chi connectivity index (χ2v) is 7.21. The van der Waals surface area contributed by atoms with Crippen LogP contribution in [0.3, 0.4) is 0 Å². The van der Waals surface area contributed by atoms with E-state index in [4.69, 9.17) is 9.84 Å². The zero-order valence-corrected chi connectivity index (χ0v) is 13.4. The molecule has 6 nitrogen and oxygen atoms in total. The third-order valence-electron chi connectivity index (χ3n) is 3.27. The minimum absolute atomic E-state index is 0.0578. The monoisotopic (exact) mass is 309 g/mol. The lowest BCUT2D eigenvalue weighted by Gasteiger charge is -2.20. The van der Waals surface area contributed by atoms with Gasteiger partial charge in [-0.2, -0.15) is 0 Å². The summed E-state index contributed by atoms with van der Waals surface area (Å²) < 4.78 is 30.7. The Morgan fingerprint density at radius 1 is 1.30 bits per heavy atom. The number of ether oxygens (including phenoxy) is 1. The molecule has 0 spiro atoms. The van der Waals surface area contributed by atoms with Gasteiger partial charge in [0, 0.05) is 26.7 Å². The number of nitrogens with one attached hydrogen (secondary N) is 1. The van der Waals surface area contributed by atoms with Gasteiger partial charge in [-0.3, -0.25) is 4.79 Å². The van der Waals surface area contributed by atoms with E-state index >= 15 is 0 Å². The van der Waals surface area contributed by atoms with Gasteiger partial charge in [0.05, 0.1) is 5.75 Å². The summed E-state index contributed by atoms with van der Waals surface area (Å²) in [5, 5.41) is 8.70. The van der Waals surface area contributed by atoms with Crippen LogP contribution in [0.25, 0.3) is 0 Å². The lowest BCUT2D eigenvalue weighted by molar-refractivity contribution is -0.137. The lowest BCUT2D eigenvalue weighted by atomic mass is 9.88. The summed E-state index contributed by atoms with van der Waals surface area (Å²) in [7, 11) is -1.72. The Kier molecular flexibility index (Phi) is 9.79. The van der Waals surface area contributed by atoms with Crippen molar-refractivity contribution in [2.45, 2.75) is 39.5 Å². The summed E-state index contributed by atoms with van der Waals surface area (Å²) in [6.45, 7) is 4.84. The van der Waals surface area contributed by atoms with Crippen molar-refractivity contribution in [2.75, 3.05) is 26.0 Å². The first-order chi connectivity index (χ1) is 9.28. The van der Waals surface area contributed by atoms with E-state index in [0.717, 1.165) is 0 Å². The Hall–Kier alpha value is -0.660. The summed E-state index contributed by atoms with van der Waals surface area (Å²) in [5.41, 5.74) is 0. The average Bonchev–Trinajstić information content (AvgIpc) is 2.32. The maximum atomic E-state index is 11.7. The Morgan fingerprint density at radius 3 is 2.45 bits per heavy atom. The molecule has 120 valence electrons. The van der Waals surface area contributed by atoms with Crippen molar-refractivity contribution < 1.29 is 23.1 Å². The molecule has 0 aliphatic rings. The van der Waals surface area contributed by atoms with Gasteiger partial charge in [0.25, 0.3) is 0 Å². The maximum absolute atomic E-state index is 11.7. The van der Waals surface area contributed by atoms with Gasteiger partial charge in [-0.1, -0.05) is 13.8 Å². The van der Waals surface area contributed by atoms with Crippen LogP contribution in [-0.4, -0.2) is 45.5 Å². The van der Waals surface area contributed by atoms with Crippen LogP contribution in [0.15, 0.2) is 0 Å². The lowest BCUT2D eigenvalue weighted by Crippen LogP contribution is -2.29. The molecule has 0 aliphatic heterocycles. The quantitative estimate of drug-likeness (QED) is 0.533. The van der Waals surface area contributed by atoms with Crippen molar-refractivity contribution in [3.8, 4) is 0 Å². The first-order valence-electron chi connectivity index (χ1n) is 6.96. The molecule has 0 radical (unpaired) electrons. The van der Waals surface area contributed by atoms with Gasteiger partial charge in [0.1, 0.15) is 0 Å². The predicted octanol–water partition coefficient (Wildman–Crippen LogP) is 1.47. The van der Waals surface area contributed by atoms with E-state index in [1.807, 2.05) is 13.8 Å². The third kappa shape index (κ3) is 10.2. The number of sulfonamides is 1. The molecule has 0 aromatic carbocycles. The van der Waals surface area contributed by atoms with Gasteiger partial charge in [0.15, 0.2) is 0 Å². The van der Waals surface area contributed by atoms with Crippen LogP contribution in [0.4, 0.5) is 0 Å². The molecular weight excluding hydrogens is 282 g/mol. The molecule has 0 rings (SSSR count). The SMILES string of the molecule is COCCCS(=O)(=O)NCCC(CCC(=O)O)C(C)C. The molecule has 2 N–H and O–H groups in total. The second kappa shape index (κ2) is 10.1. The Balaban J connectivity index is 4.06. The summed E-state index contributed by atoms with van der Waals surface area (Å²) in [4.78, 5) is 10.6. The molecule has 1 atom stereocenters. The highest BCUT2D eigenvalue weighted by Crippen LogP contribution is 2.20. The van der Waals surface area contributed by atoms with Crippen molar-refractivity contribution in [1.82, 2.24) is 4.72 Å². The number of methoxy groups -OCH3 is 1. The van der Waals surface area contributed by atoms with Gasteiger partial charge in [-0.05, 0) is 31.1 Å². The normalized spacial score (nSPS) is 13.6. The number of rotatable bonds is 12. The topological polar surface area (TPSA) is 92.7 Å². The number of carboxylic acid groups (broad SMARTS) is 1. The Morgan fingerprint density at radius 2 is 1.95 bits per heavy atom. The maximum Gasteiger partial charge on any atom is 0.303 e. The number of carbonyl (C=O) groups is 1. The highest BCUT2D eigenvalue weighted by atomic mass is 32.2. The summed E-state index contributed by atoms with van der Waals surface area (Å²) >= 11 is 0. The molecule has 20 heavy (non-hydrogen) atoms. The van der Waals surface area contributed by atoms with E-state index in [0.29, 0.717) is 38.3 Å². The molecule has 7 heteroatoms. The number of aliphatic carboxylic acids is 1. The third-order valence-corrected chi connectivity index (χ3v) is 4.74. The van der Waals surface area contributed by atoms with Crippen molar-refractivity contribution in [3.05, 3.63) is 0 Å². The van der Waals surface area contributed by atoms with Crippen molar-refractivity contribution in [2.24, 2.45) is 11.8 Å². The molecule has 0 heterocycles. The Labute approximate surface area is 121 Å². The number of hydrogen-bond acceptors (Lipinski definition) is 4. The van der Waals surface area contributed by atoms with Crippen LogP contribution in [0.1, 0.15) is 39.5 Å². The fourth-order valence-electron chi connectivity index (χ4n) is 1.99. The summed E-state index contributed by atoms with van der Waals surface area (Å²) in [5.74, 6) is -0.196. The second-order valence-electron chi connectivity index (χ2n) is 5.28. The van der Waals surface area contributed by atoms with Crippen LogP contribution < -0.4 is 4.72 Å². The molecule has 0 saturated carbocycles. The van der Waals surface area contributed by atoms with Crippen LogP contribution in [-0.2, 0) is 19.6 Å². The molecule has 0 aromatic rings. The van der Waals surface area contributed by atoms with E-state index < -0.39 is 16.0 Å². The summed E-state index contributed by atoms with van der Waals surface area (Å²) in [6.07, 6.45) is 1.84. The smallest absolute Gasteiger partial charge is 0.303 e. The van der Waals surface area contributed by atoms with Crippen LogP contribution in [0.2, 0.25) is 0 Å². The first kappa shape index (κ1) is 19.3. The average molecular weight is 309 g/mol. The largest absolute Gasteiger partial charge is 0.481 e. The fraction of sp³-hybridized carbons (Fsp3) is 0.923. The van der Waals surface area contributed by atoms with Crippen molar-refractivity contribution >= 4 is 16.0 Å². The highest BCUT2D eigenvalue weighted by molar-refractivity contribution is 7.89. The fourth-order valence-corrected chi connectivity index (χ4v) is 3.06. The molecular formula is C13H27NO5S. The van der Waals surface area contributed by atoms with Crippen molar-refractivity contribution in [1.29, 1.82) is 0 Å². The van der Waals surface area contributed by atoms with E-state index in [2.05, 4.69) is 4.72 Å². The van der Waals surface area contributed by atoms with Crippen LogP contribution in [0, 0.1) is 11.8 Å². The molecule has 0 bridgehead atoms. The van der Waals surface area contributed by atoms with Gasteiger partial charge in [-0.25, -0.2) is 13.1 Å². The van der Waals surface area contributed by atoms with Crippen molar-refractivity contribution in [3.63, 3.8) is 0 Å². The van der Waals surface area contributed by atoms with Gasteiger partial charge in [-0.15, -0.1) is 0 Å². The summed E-state index contributed by atoms with van der Waals surface area (Å²) in [6, 6.07) is 0. The number of hydrogen-bond donors (Lipinski definition) is 2. The van der Waals surface area contributed by atoms with Crippen LogP contribution >= 0.6 is 0 Å². The number of carboxylic acids is 1. The first-order valence-corrected chi connectivity index (χ1v) is 8.61. The molecule has 0 amide bonds. The molecule has 0 aliphatic carbocycles. The molecule has 1 unspecified atom stereocenters. The zero-order valence-electron chi connectivity index (χ0n) is 12.6. The van der Waals surface area contributed by atoms with Gasteiger partial charge >= 0.3 is 5.97 Å². The molecule has 0 aromatic heterocycles. The predicted molar refractivity (Wildman–Crippen MR) is 78.1 cm³/mol. The minimum Gasteiger partial charge on any atom is -0.481 e. The standard InChI is InChI=1S/C13H27NO5S/c1-11(2)12(5-6-13(15)16)7-8-14-20(17,18)10-4-9-19-3/h11-12,14H,4-10H2,1-3H3,(H,15,16). The van der Waals surface area contributed by atoms with E-state index in [1.165, 1.54) is 7.11 Å². The zero-order chi connectivity index (χ0) is 15.6. The molecule has 0 saturated heterocycles. The molecule has 0 fully saturated rings. The Bertz CT molecular complexity index is 367. The van der Waals surface area contributed by atoms with Gasteiger partial charge in [0.2, 0.25) is 10.0 Å². The van der Waals surface area contributed by atoms with E-state index in [9.17, 15) is 13.2 Å². The highest BCUT2D eigenvalue weighted by Gasteiger charge is 2.16. The van der Waals surface area contributed by atoms with Crippen LogP contribution in [0.5, 0.6) is 0 Å². The minimum atomic E-state index is -3.25.